The number of hydrogen-bond donors (Lipinski definition) is 1. The van der Waals surface area contributed by atoms with Crippen molar-refractivity contribution in [3.63, 3.8) is 0 Å². The topological polar surface area (TPSA) is 26.0 Å². The Balaban J connectivity index is 2.44. The number of benzene rings is 2. The zero-order valence-corrected chi connectivity index (χ0v) is 12.1. The van der Waals surface area contributed by atoms with Gasteiger partial charge in [0.25, 0.3) is 0 Å². The first-order valence-electron chi connectivity index (χ1n) is 5.45. The molecule has 0 saturated heterocycles. The van der Waals surface area contributed by atoms with Crippen LogP contribution >= 0.6 is 27.5 Å². The smallest absolute Gasteiger partial charge is 0.129 e. The SMILES string of the molecule is Cc1ccc(C(N)c2ccc(Cl)cc2F)c(Br)c1. The van der Waals surface area contributed by atoms with Gasteiger partial charge in [0.05, 0.1) is 6.04 Å². The summed E-state index contributed by atoms with van der Waals surface area (Å²) < 4.78 is 14.7. The normalized spacial score (nSPS) is 12.5. The van der Waals surface area contributed by atoms with Gasteiger partial charge in [-0.1, -0.05) is 45.7 Å². The first kappa shape index (κ1) is 13.5. The molecule has 2 N–H and O–H groups in total. The lowest BCUT2D eigenvalue weighted by molar-refractivity contribution is 0.599. The summed E-state index contributed by atoms with van der Waals surface area (Å²) in [7, 11) is 0. The first-order chi connectivity index (χ1) is 8.49. The summed E-state index contributed by atoms with van der Waals surface area (Å²) in [4.78, 5) is 0. The standard InChI is InChI=1S/C14H12BrClFN/c1-8-2-4-10(12(15)6-8)14(18)11-5-3-9(16)7-13(11)17/h2-7,14H,18H2,1H3. The van der Waals surface area contributed by atoms with Gasteiger partial charge in [0.2, 0.25) is 0 Å². The van der Waals surface area contributed by atoms with Crippen LogP contribution in [-0.4, -0.2) is 0 Å². The highest BCUT2D eigenvalue weighted by molar-refractivity contribution is 9.10. The first-order valence-corrected chi connectivity index (χ1v) is 6.62. The molecule has 0 aromatic heterocycles. The maximum absolute atomic E-state index is 13.8. The van der Waals surface area contributed by atoms with Gasteiger partial charge in [-0.3, -0.25) is 0 Å². The fraction of sp³-hybridized carbons (Fsp3) is 0.143. The Labute approximate surface area is 119 Å². The molecule has 1 atom stereocenters. The highest BCUT2D eigenvalue weighted by Gasteiger charge is 2.16. The molecule has 0 aliphatic carbocycles. The predicted octanol–water partition coefficient (Wildman–Crippen LogP) is 4.60. The van der Waals surface area contributed by atoms with E-state index in [1.54, 1.807) is 12.1 Å². The minimum atomic E-state index is -0.516. The summed E-state index contributed by atoms with van der Waals surface area (Å²) >= 11 is 9.19. The monoisotopic (exact) mass is 327 g/mol. The molecule has 1 unspecified atom stereocenters. The molecule has 1 nitrogen and oxygen atoms in total. The molecule has 0 aliphatic rings. The number of nitrogens with two attached hydrogens (primary N) is 1. The molecule has 0 amide bonds. The zero-order chi connectivity index (χ0) is 13.3. The minimum absolute atomic E-state index is 0.367. The van der Waals surface area contributed by atoms with Crippen LogP contribution in [0.4, 0.5) is 4.39 Å². The predicted molar refractivity (Wildman–Crippen MR) is 76.3 cm³/mol. The summed E-state index contributed by atoms with van der Waals surface area (Å²) in [6.07, 6.45) is 0. The molecule has 4 heteroatoms. The van der Waals surface area contributed by atoms with Crippen molar-refractivity contribution in [2.24, 2.45) is 5.73 Å². The maximum Gasteiger partial charge on any atom is 0.129 e. The van der Waals surface area contributed by atoms with Gasteiger partial charge in [0.15, 0.2) is 0 Å². The Bertz CT molecular complexity index is 535. The Morgan fingerprint density at radius 1 is 1.17 bits per heavy atom. The van der Waals surface area contributed by atoms with Gasteiger partial charge in [-0.15, -0.1) is 0 Å². The lowest BCUT2D eigenvalue weighted by atomic mass is 9.98. The highest BCUT2D eigenvalue weighted by Crippen LogP contribution is 2.29. The van der Waals surface area contributed by atoms with E-state index in [1.165, 1.54) is 6.07 Å². The largest absolute Gasteiger partial charge is 0.320 e. The van der Waals surface area contributed by atoms with Crippen LogP contribution in [0.25, 0.3) is 0 Å². The summed E-state index contributed by atoms with van der Waals surface area (Å²) in [6.45, 7) is 1.99. The zero-order valence-electron chi connectivity index (χ0n) is 9.75. The summed E-state index contributed by atoms with van der Waals surface area (Å²) in [6, 6.07) is 9.84. The Kier molecular flexibility index (Phi) is 4.05. The molecule has 2 aromatic carbocycles. The van der Waals surface area contributed by atoms with Gasteiger partial charge >= 0.3 is 0 Å². The van der Waals surface area contributed by atoms with E-state index in [4.69, 9.17) is 17.3 Å². The molecule has 0 fully saturated rings. The van der Waals surface area contributed by atoms with E-state index in [0.717, 1.165) is 15.6 Å². The van der Waals surface area contributed by atoms with Crippen molar-refractivity contribution in [1.82, 2.24) is 0 Å². The quantitative estimate of drug-likeness (QED) is 0.856. The fourth-order valence-electron chi connectivity index (χ4n) is 1.81. The van der Waals surface area contributed by atoms with Crippen molar-refractivity contribution in [2.75, 3.05) is 0 Å². The van der Waals surface area contributed by atoms with Crippen molar-refractivity contribution >= 4 is 27.5 Å². The van der Waals surface area contributed by atoms with Crippen LogP contribution in [-0.2, 0) is 0 Å². The third-order valence-corrected chi connectivity index (χ3v) is 3.71. The second-order valence-electron chi connectivity index (χ2n) is 4.17. The lowest BCUT2D eigenvalue weighted by Gasteiger charge is -2.15. The van der Waals surface area contributed by atoms with Gasteiger partial charge in [-0.25, -0.2) is 4.39 Å². The number of rotatable bonds is 2. The molecule has 0 aliphatic heterocycles. The van der Waals surface area contributed by atoms with E-state index < -0.39 is 6.04 Å². The summed E-state index contributed by atoms with van der Waals surface area (Å²) in [5, 5.41) is 0.367. The number of aryl methyl sites for hydroxylation is 1. The third kappa shape index (κ3) is 2.74. The van der Waals surface area contributed by atoms with E-state index in [0.29, 0.717) is 10.6 Å². The van der Waals surface area contributed by atoms with E-state index in [2.05, 4.69) is 15.9 Å². The summed E-state index contributed by atoms with van der Waals surface area (Å²) in [5.74, 6) is -0.387. The molecule has 18 heavy (non-hydrogen) atoms. The van der Waals surface area contributed by atoms with Crippen LogP contribution in [0.3, 0.4) is 0 Å². The number of halogens is 3. The molecular weight excluding hydrogens is 317 g/mol. The average molecular weight is 329 g/mol. The number of hydrogen-bond acceptors (Lipinski definition) is 1. The lowest BCUT2D eigenvalue weighted by Crippen LogP contribution is -2.14. The van der Waals surface area contributed by atoms with E-state index in [9.17, 15) is 4.39 Å². The molecule has 0 radical (unpaired) electrons. The Morgan fingerprint density at radius 2 is 1.83 bits per heavy atom. The molecular formula is C14H12BrClFN. The van der Waals surface area contributed by atoms with Gasteiger partial charge < -0.3 is 5.73 Å². The van der Waals surface area contributed by atoms with Gasteiger partial charge in [0.1, 0.15) is 5.82 Å². The third-order valence-electron chi connectivity index (χ3n) is 2.79. The van der Waals surface area contributed by atoms with E-state index >= 15 is 0 Å². The molecule has 2 rings (SSSR count). The van der Waals surface area contributed by atoms with Gasteiger partial charge in [-0.2, -0.15) is 0 Å². The van der Waals surface area contributed by atoms with Crippen LogP contribution in [0.5, 0.6) is 0 Å². The average Bonchev–Trinajstić information content (AvgIpc) is 2.28. The second kappa shape index (κ2) is 5.39. The molecule has 94 valence electrons. The van der Waals surface area contributed by atoms with Crippen molar-refractivity contribution in [2.45, 2.75) is 13.0 Å². The van der Waals surface area contributed by atoms with Crippen molar-refractivity contribution in [3.8, 4) is 0 Å². The van der Waals surface area contributed by atoms with Gasteiger partial charge in [-0.05, 0) is 36.2 Å². The molecule has 0 bridgehead atoms. The van der Waals surface area contributed by atoms with Crippen LogP contribution in [0.2, 0.25) is 5.02 Å². The Hall–Kier alpha value is -0.900. The van der Waals surface area contributed by atoms with Crippen molar-refractivity contribution in [3.05, 3.63) is 68.4 Å². The van der Waals surface area contributed by atoms with Crippen LogP contribution in [0, 0.1) is 12.7 Å². The minimum Gasteiger partial charge on any atom is -0.320 e. The van der Waals surface area contributed by atoms with Crippen LogP contribution < -0.4 is 5.73 Å². The fourth-order valence-corrected chi connectivity index (χ4v) is 2.70. The van der Waals surface area contributed by atoms with E-state index in [-0.39, 0.29) is 5.82 Å². The van der Waals surface area contributed by atoms with Gasteiger partial charge in [0, 0.05) is 15.1 Å². The maximum atomic E-state index is 13.8. The van der Waals surface area contributed by atoms with Crippen molar-refractivity contribution < 1.29 is 4.39 Å². The molecule has 0 spiro atoms. The molecule has 0 saturated carbocycles. The van der Waals surface area contributed by atoms with E-state index in [1.807, 2.05) is 25.1 Å². The summed E-state index contributed by atoms with van der Waals surface area (Å²) in [5.41, 5.74) is 8.51. The Morgan fingerprint density at radius 3 is 2.44 bits per heavy atom. The van der Waals surface area contributed by atoms with Crippen LogP contribution in [0.15, 0.2) is 40.9 Å². The highest BCUT2D eigenvalue weighted by atomic mass is 79.9. The molecule has 2 aromatic rings. The second-order valence-corrected chi connectivity index (χ2v) is 5.46. The molecule has 0 heterocycles. The van der Waals surface area contributed by atoms with Crippen LogP contribution in [0.1, 0.15) is 22.7 Å². The van der Waals surface area contributed by atoms with Crippen molar-refractivity contribution in [1.29, 1.82) is 0 Å².